The van der Waals surface area contributed by atoms with Gasteiger partial charge in [0.25, 0.3) is 0 Å². The summed E-state index contributed by atoms with van der Waals surface area (Å²) in [7, 11) is 0. The van der Waals surface area contributed by atoms with Crippen LogP contribution in [-0.2, 0) is 0 Å². The first-order valence-electron chi connectivity index (χ1n) is 9.09. The van der Waals surface area contributed by atoms with Gasteiger partial charge in [0.05, 0.1) is 0 Å². The van der Waals surface area contributed by atoms with E-state index in [4.69, 9.17) is 0 Å². The monoisotopic (exact) mass is 458 g/mol. The molecule has 0 nitrogen and oxygen atoms in total. The zero-order valence-corrected chi connectivity index (χ0v) is 17.5. The molecular weight excluding hydrogens is 436 g/mol. The number of halogens is 2. The molecule has 1 atom stereocenters. The summed E-state index contributed by atoms with van der Waals surface area (Å²) in [5, 5.41) is 0. The molecule has 0 saturated heterocycles. The minimum Gasteiger partial charge on any atom is -0.0624 e. The molecule has 25 heavy (non-hydrogen) atoms. The second kappa shape index (κ2) is 9.54. The van der Waals surface area contributed by atoms with Crippen molar-refractivity contribution < 1.29 is 0 Å². The molecule has 130 valence electrons. The van der Waals surface area contributed by atoms with Crippen molar-refractivity contribution in [1.29, 1.82) is 0 Å². The van der Waals surface area contributed by atoms with Gasteiger partial charge in [-0.15, -0.1) is 0 Å². The Labute approximate surface area is 168 Å². The van der Waals surface area contributed by atoms with Crippen LogP contribution < -0.4 is 0 Å². The maximum atomic E-state index is 3.82. The van der Waals surface area contributed by atoms with Gasteiger partial charge in [0.1, 0.15) is 0 Å². The average Bonchev–Trinajstić information content (AvgIpc) is 2.69. The van der Waals surface area contributed by atoms with Crippen LogP contribution >= 0.6 is 31.9 Å². The van der Waals surface area contributed by atoms with E-state index < -0.39 is 0 Å². The lowest BCUT2D eigenvalue weighted by atomic mass is 9.79. The fourth-order valence-electron chi connectivity index (χ4n) is 3.56. The summed E-state index contributed by atoms with van der Waals surface area (Å²) in [6.07, 6.45) is 11.5. The topological polar surface area (TPSA) is 0 Å². The van der Waals surface area contributed by atoms with Crippen molar-refractivity contribution >= 4 is 40.8 Å². The maximum absolute atomic E-state index is 3.82. The van der Waals surface area contributed by atoms with E-state index in [9.17, 15) is 0 Å². The third-order valence-electron chi connectivity index (χ3n) is 4.97. The predicted octanol–water partition coefficient (Wildman–Crippen LogP) is 8.05. The molecule has 0 N–H and O–H groups in total. The molecule has 0 aromatic heterocycles. The molecule has 0 heterocycles. The third kappa shape index (κ3) is 5.43. The Morgan fingerprint density at radius 3 is 1.60 bits per heavy atom. The Morgan fingerprint density at radius 1 is 0.720 bits per heavy atom. The zero-order chi connectivity index (χ0) is 17.5. The smallest absolute Gasteiger partial charge is 0.0213 e. The van der Waals surface area contributed by atoms with Crippen LogP contribution in [0.15, 0.2) is 72.8 Å². The normalized spacial score (nSPS) is 18.2. The Balaban J connectivity index is 1.90. The molecule has 2 aromatic carbocycles. The molecule has 1 aliphatic carbocycles. The van der Waals surface area contributed by atoms with Crippen LogP contribution in [0.25, 0.3) is 8.96 Å². The van der Waals surface area contributed by atoms with Gasteiger partial charge in [-0.2, -0.15) is 0 Å². The molecule has 3 rings (SSSR count). The SMILES string of the molecule is Br/C(=C\C(/C=C(/Br)c1ccccc1)C1CCCCC1)c1ccccc1. The first-order chi connectivity index (χ1) is 12.2. The molecule has 2 aromatic rings. The second-order valence-electron chi connectivity index (χ2n) is 6.74. The van der Waals surface area contributed by atoms with Gasteiger partial charge < -0.3 is 0 Å². The van der Waals surface area contributed by atoms with E-state index >= 15 is 0 Å². The Hall–Kier alpha value is -1.12. The van der Waals surface area contributed by atoms with Crippen molar-refractivity contribution in [3.05, 3.63) is 83.9 Å². The molecule has 0 aliphatic heterocycles. The molecule has 0 spiro atoms. The van der Waals surface area contributed by atoms with Crippen molar-refractivity contribution in [2.45, 2.75) is 32.1 Å². The van der Waals surface area contributed by atoms with E-state index in [1.165, 1.54) is 52.2 Å². The fourth-order valence-corrected chi connectivity index (χ4v) is 4.70. The number of hydrogen-bond donors (Lipinski definition) is 0. The Morgan fingerprint density at radius 2 is 1.16 bits per heavy atom. The van der Waals surface area contributed by atoms with Gasteiger partial charge in [0.2, 0.25) is 0 Å². The van der Waals surface area contributed by atoms with Crippen LogP contribution in [0, 0.1) is 11.8 Å². The number of hydrogen-bond acceptors (Lipinski definition) is 0. The van der Waals surface area contributed by atoms with Crippen molar-refractivity contribution in [1.82, 2.24) is 0 Å². The van der Waals surface area contributed by atoms with E-state index in [1.807, 2.05) is 0 Å². The van der Waals surface area contributed by atoms with Gasteiger partial charge in [-0.1, -0.05) is 124 Å². The van der Waals surface area contributed by atoms with E-state index in [2.05, 4.69) is 105 Å². The van der Waals surface area contributed by atoms with Gasteiger partial charge >= 0.3 is 0 Å². The third-order valence-corrected chi connectivity index (χ3v) is 6.42. The number of benzene rings is 2. The first-order valence-corrected chi connectivity index (χ1v) is 10.7. The highest BCUT2D eigenvalue weighted by molar-refractivity contribution is 9.15. The van der Waals surface area contributed by atoms with Gasteiger partial charge in [-0.3, -0.25) is 0 Å². The zero-order valence-electron chi connectivity index (χ0n) is 14.4. The Bertz CT molecular complexity index is 655. The van der Waals surface area contributed by atoms with E-state index in [0.29, 0.717) is 5.92 Å². The van der Waals surface area contributed by atoms with Crippen LogP contribution in [-0.4, -0.2) is 0 Å². The molecule has 2 heteroatoms. The standard InChI is InChI=1S/C23H24Br2/c24-22(19-12-6-2-7-13-19)16-21(18-10-4-1-5-11-18)17-23(25)20-14-8-3-9-15-20/h2-3,6-9,12-18,21H,1,4-5,10-11H2/b22-16-,23-17+. The van der Waals surface area contributed by atoms with Gasteiger partial charge in [-0.05, 0) is 29.9 Å². The maximum Gasteiger partial charge on any atom is 0.0213 e. The highest BCUT2D eigenvalue weighted by Gasteiger charge is 2.21. The highest BCUT2D eigenvalue weighted by Crippen LogP contribution is 2.37. The summed E-state index contributed by atoms with van der Waals surface area (Å²) in [5.74, 6) is 1.16. The van der Waals surface area contributed by atoms with Crippen LogP contribution in [0.3, 0.4) is 0 Å². The van der Waals surface area contributed by atoms with Crippen molar-refractivity contribution in [3.8, 4) is 0 Å². The van der Waals surface area contributed by atoms with Crippen LogP contribution in [0.5, 0.6) is 0 Å². The summed E-state index contributed by atoms with van der Waals surface area (Å²) < 4.78 is 2.38. The van der Waals surface area contributed by atoms with Gasteiger partial charge in [0, 0.05) is 14.9 Å². The van der Waals surface area contributed by atoms with Crippen molar-refractivity contribution in [2.24, 2.45) is 11.8 Å². The molecule has 1 saturated carbocycles. The van der Waals surface area contributed by atoms with Crippen LogP contribution in [0.4, 0.5) is 0 Å². The quantitative estimate of drug-likeness (QED) is 0.424. The summed E-state index contributed by atoms with van der Waals surface area (Å²) in [6.45, 7) is 0. The summed E-state index contributed by atoms with van der Waals surface area (Å²) in [5.41, 5.74) is 2.49. The first kappa shape index (κ1) is 18.7. The molecular formula is C23H24Br2. The van der Waals surface area contributed by atoms with E-state index in [-0.39, 0.29) is 0 Å². The number of allylic oxidation sites excluding steroid dienone is 2. The molecule has 0 radical (unpaired) electrons. The fraction of sp³-hybridized carbons (Fsp3) is 0.304. The minimum absolute atomic E-state index is 0.435. The van der Waals surface area contributed by atoms with Crippen molar-refractivity contribution in [3.63, 3.8) is 0 Å². The van der Waals surface area contributed by atoms with Gasteiger partial charge in [-0.25, -0.2) is 0 Å². The molecule has 0 amide bonds. The Kier molecular flexibility index (Phi) is 7.12. The lowest BCUT2D eigenvalue weighted by molar-refractivity contribution is 0.319. The van der Waals surface area contributed by atoms with Gasteiger partial charge in [0.15, 0.2) is 0 Å². The molecule has 0 bridgehead atoms. The lowest BCUT2D eigenvalue weighted by Gasteiger charge is -2.27. The average molecular weight is 460 g/mol. The second-order valence-corrected chi connectivity index (χ2v) is 8.45. The highest BCUT2D eigenvalue weighted by atomic mass is 79.9. The molecule has 1 fully saturated rings. The lowest BCUT2D eigenvalue weighted by Crippen LogP contribution is -2.15. The predicted molar refractivity (Wildman–Crippen MR) is 117 cm³/mol. The van der Waals surface area contributed by atoms with E-state index in [0.717, 1.165) is 5.92 Å². The van der Waals surface area contributed by atoms with Crippen LogP contribution in [0.2, 0.25) is 0 Å². The van der Waals surface area contributed by atoms with Crippen molar-refractivity contribution in [2.75, 3.05) is 0 Å². The molecule has 1 unspecified atom stereocenters. The summed E-state index contributed by atoms with van der Waals surface area (Å²) in [4.78, 5) is 0. The number of rotatable bonds is 5. The summed E-state index contributed by atoms with van der Waals surface area (Å²) in [6, 6.07) is 21.1. The molecule has 1 aliphatic rings. The van der Waals surface area contributed by atoms with Crippen LogP contribution in [0.1, 0.15) is 43.2 Å². The summed E-state index contributed by atoms with van der Waals surface area (Å²) >= 11 is 7.63. The minimum atomic E-state index is 0.435. The van der Waals surface area contributed by atoms with E-state index in [1.54, 1.807) is 0 Å². The largest absolute Gasteiger partial charge is 0.0624 e.